The lowest BCUT2D eigenvalue weighted by atomic mass is 10.1. The van der Waals surface area contributed by atoms with Crippen LogP contribution in [0.5, 0.6) is 5.75 Å². The van der Waals surface area contributed by atoms with Crippen molar-refractivity contribution in [3.63, 3.8) is 0 Å². The highest BCUT2D eigenvalue weighted by atomic mass is 16.5. The van der Waals surface area contributed by atoms with Crippen LogP contribution in [0.1, 0.15) is 18.4 Å². The summed E-state index contributed by atoms with van der Waals surface area (Å²) in [6.45, 7) is 5.80. The van der Waals surface area contributed by atoms with Gasteiger partial charge >= 0.3 is 0 Å². The lowest BCUT2D eigenvalue weighted by Gasteiger charge is -2.36. The molecule has 1 aliphatic rings. The van der Waals surface area contributed by atoms with Crippen molar-refractivity contribution in [2.45, 2.75) is 19.8 Å². The van der Waals surface area contributed by atoms with Crippen LogP contribution in [-0.2, 0) is 4.79 Å². The molecule has 1 aromatic heterocycles. The molecule has 2 aromatic carbocycles. The van der Waals surface area contributed by atoms with E-state index in [2.05, 4.69) is 30.0 Å². The maximum atomic E-state index is 12.5. The van der Waals surface area contributed by atoms with Gasteiger partial charge in [-0.2, -0.15) is 0 Å². The van der Waals surface area contributed by atoms with Crippen LogP contribution in [0.2, 0.25) is 0 Å². The lowest BCUT2D eigenvalue weighted by Crippen LogP contribution is -2.49. The SMILES string of the molecule is Cc1cc2ccccc2nc1N1CCN(C(=O)CCCOc2ccccc2)CC1. The van der Waals surface area contributed by atoms with Gasteiger partial charge in [0.1, 0.15) is 11.6 Å². The third kappa shape index (κ3) is 4.67. The number of carbonyl (C=O) groups excluding carboxylic acids is 1. The first-order chi connectivity index (χ1) is 14.2. The van der Waals surface area contributed by atoms with Gasteiger partial charge in [-0.1, -0.05) is 36.4 Å². The second kappa shape index (κ2) is 8.95. The highest BCUT2D eigenvalue weighted by Crippen LogP contribution is 2.24. The van der Waals surface area contributed by atoms with E-state index < -0.39 is 0 Å². The smallest absolute Gasteiger partial charge is 0.222 e. The van der Waals surface area contributed by atoms with Crippen LogP contribution in [0.3, 0.4) is 0 Å². The highest BCUT2D eigenvalue weighted by Gasteiger charge is 2.22. The van der Waals surface area contributed by atoms with E-state index >= 15 is 0 Å². The molecule has 1 amide bonds. The first kappa shape index (κ1) is 19.2. The number of fused-ring (bicyclic) bond motifs is 1. The Bertz CT molecular complexity index is 966. The summed E-state index contributed by atoms with van der Waals surface area (Å²) in [4.78, 5) is 21.7. The Morgan fingerprint density at radius 2 is 1.72 bits per heavy atom. The molecule has 0 N–H and O–H groups in total. The summed E-state index contributed by atoms with van der Waals surface area (Å²) in [6.07, 6.45) is 1.26. The second-order valence-electron chi connectivity index (χ2n) is 7.45. The van der Waals surface area contributed by atoms with Gasteiger partial charge in [-0.25, -0.2) is 4.98 Å². The van der Waals surface area contributed by atoms with Crippen LogP contribution in [0.15, 0.2) is 60.7 Å². The van der Waals surface area contributed by atoms with Gasteiger partial charge in [-0.15, -0.1) is 0 Å². The molecule has 4 rings (SSSR count). The number of ether oxygens (including phenoxy) is 1. The molecule has 0 saturated carbocycles. The normalized spacial score (nSPS) is 14.2. The van der Waals surface area contributed by atoms with Crippen LogP contribution < -0.4 is 9.64 Å². The summed E-state index contributed by atoms with van der Waals surface area (Å²) in [5.41, 5.74) is 2.20. The Kier molecular flexibility index (Phi) is 5.94. The van der Waals surface area contributed by atoms with Gasteiger partial charge < -0.3 is 14.5 Å². The van der Waals surface area contributed by atoms with E-state index in [9.17, 15) is 4.79 Å². The largest absolute Gasteiger partial charge is 0.494 e. The number of piperazine rings is 1. The summed E-state index contributed by atoms with van der Waals surface area (Å²) in [5.74, 6) is 2.10. The molecule has 0 atom stereocenters. The summed E-state index contributed by atoms with van der Waals surface area (Å²) < 4.78 is 5.68. The average molecular weight is 389 g/mol. The lowest BCUT2D eigenvalue weighted by molar-refractivity contribution is -0.131. The molecule has 29 heavy (non-hydrogen) atoms. The van der Waals surface area contributed by atoms with Crippen molar-refractivity contribution in [1.29, 1.82) is 0 Å². The fourth-order valence-corrected chi connectivity index (χ4v) is 3.79. The predicted molar refractivity (Wildman–Crippen MR) is 116 cm³/mol. The maximum Gasteiger partial charge on any atom is 0.222 e. The van der Waals surface area contributed by atoms with Crippen molar-refractivity contribution >= 4 is 22.6 Å². The summed E-state index contributed by atoms with van der Waals surface area (Å²) in [6, 6.07) is 20.1. The highest BCUT2D eigenvalue weighted by molar-refractivity contribution is 5.82. The molecule has 3 aromatic rings. The number of aromatic nitrogens is 1. The number of hydrogen-bond donors (Lipinski definition) is 0. The molecule has 0 spiro atoms. The summed E-state index contributed by atoms with van der Waals surface area (Å²) in [5, 5.41) is 1.17. The first-order valence-corrected chi connectivity index (χ1v) is 10.3. The van der Waals surface area contributed by atoms with E-state index in [1.807, 2.05) is 47.4 Å². The number of aryl methyl sites for hydroxylation is 1. The molecule has 1 fully saturated rings. The molecule has 0 radical (unpaired) electrons. The first-order valence-electron chi connectivity index (χ1n) is 10.3. The zero-order valence-corrected chi connectivity index (χ0v) is 16.9. The molecular weight excluding hydrogens is 362 g/mol. The third-order valence-electron chi connectivity index (χ3n) is 5.37. The maximum absolute atomic E-state index is 12.5. The van der Waals surface area contributed by atoms with Gasteiger partial charge in [0.05, 0.1) is 12.1 Å². The molecular formula is C24H27N3O2. The Hall–Kier alpha value is -3.08. The predicted octanol–water partition coefficient (Wildman–Crippen LogP) is 4.05. The number of amides is 1. The van der Waals surface area contributed by atoms with E-state index in [4.69, 9.17) is 9.72 Å². The standard InChI is InChI=1S/C24H27N3O2/c1-19-18-20-8-5-6-11-22(20)25-24(19)27-15-13-26(14-16-27)23(28)12-7-17-29-21-9-3-2-4-10-21/h2-6,8-11,18H,7,12-17H2,1H3. The number of nitrogens with zero attached hydrogens (tertiary/aromatic N) is 3. The van der Waals surface area contributed by atoms with Crippen molar-refractivity contribution in [2.24, 2.45) is 0 Å². The topological polar surface area (TPSA) is 45.7 Å². The summed E-state index contributed by atoms with van der Waals surface area (Å²) in [7, 11) is 0. The minimum Gasteiger partial charge on any atom is -0.494 e. The third-order valence-corrected chi connectivity index (χ3v) is 5.37. The van der Waals surface area contributed by atoms with Gasteiger partial charge in [0.15, 0.2) is 0 Å². The molecule has 150 valence electrons. The average Bonchev–Trinajstić information content (AvgIpc) is 2.77. The van der Waals surface area contributed by atoms with Crippen molar-refractivity contribution in [1.82, 2.24) is 9.88 Å². The van der Waals surface area contributed by atoms with Crippen LogP contribution in [0.4, 0.5) is 5.82 Å². The number of benzene rings is 2. The molecule has 5 nitrogen and oxygen atoms in total. The molecule has 1 saturated heterocycles. The van der Waals surface area contributed by atoms with E-state index in [0.29, 0.717) is 13.0 Å². The van der Waals surface area contributed by atoms with Gasteiger partial charge in [0.2, 0.25) is 5.91 Å². The molecule has 5 heteroatoms. The van der Waals surface area contributed by atoms with Crippen LogP contribution >= 0.6 is 0 Å². The van der Waals surface area contributed by atoms with Gasteiger partial charge in [0, 0.05) is 38.0 Å². The molecule has 0 unspecified atom stereocenters. The zero-order chi connectivity index (χ0) is 20.1. The molecule has 2 heterocycles. The minimum absolute atomic E-state index is 0.213. The van der Waals surface area contributed by atoms with Gasteiger partial charge in [0.25, 0.3) is 0 Å². The van der Waals surface area contributed by atoms with Crippen LogP contribution in [-0.4, -0.2) is 48.6 Å². The fraction of sp³-hybridized carbons (Fsp3) is 0.333. The zero-order valence-electron chi connectivity index (χ0n) is 16.9. The number of anilines is 1. The number of pyridine rings is 1. The Morgan fingerprint density at radius 1 is 1.00 bits per heavy atom. The second-order valence-corrected chi connectivity index (χ2v) is 7.45. The Balaban J connectivity index is 1.27. The number of para-hydroxylation sites is 2. The van der Waals surface area contributed by atoms with Crippen molar-refractivity contribution in [3.8, 4) is 5.75 Å². The number of rotatable bonds is 6. The Morgan fingerprint density at radius 3 is 2.52 bits per heavy atom. The molecule has 1 aliphatic heterocycles. The molecule has 0 aliphatic carbocycles. The summed E-state index contributed by atoms with van der Waals surface area (Å²) >= 11 is 0. The minimum atomic E-state index is 0.213. The van der Waals surface area contributed by atoms with Crippen molar-refractivity contribution < 1.29 is 9.53 Å². The Labute approximate surface area is 171 Å². The number of carbonyl (C=O) groups is 1. The van der Waals surface area contributed by atoms with Crippen molar-refractivity contribution in [3.05, 3.63) is 66.2 Å². The van der Waals surface area contributed by atoms with Crippen LogP contribution in [0.25, 0.3) is 10.9 Å². The quantitative estimate of drug-likeness (QED) is 0.597. The number of hydrogen-bond acceptors (Lipinski definition) is 4. The van der Waals surface area contributed by atoms with Crippen LogP contribution in [0, 0.1) is 6.92 Å². The fourth-order valence-electron chi connectivity index (χ4n) is 3.79. The van der Waals surface area contributed by atoms with E-state index in [1.54, 1.807) is 0 Å². The molecule has 0 bridgehead atoms. The van der Waals surface area contributed by atoms with E-state index in [0.717, 1.165) is 49.7 Å². The van der Waals surface area contributed by atoms with E-state index in [1.165, 1.54) is 10.9 Å². The monoisotopic (exact) mass is 389 g/mol. The van der Waals surface area contributed by atoms with E-state index in [-0.39, 0.29) is 5.91 Å². The van der Waals surface area contributed by atoms with Crippen molar-refractivity contribution in [2.75, 3.05) is 37.7 Å². The van der Waals surface area contributed by atoms with Gasteiger partial charge in [-0.3, -0.25) is 4.79 Å². The van der Waals surface area contributed by atoms with Gasteiger partial charge in [-0.05, 0) is 43.2 Å².